The van der Waals surface area contributed by atoms with Crippen LogP contribution < -0.4 is 0 Å². The summed E-state index contributed by atoms with van der Waals surface area (Å²) in [7, 11) is -3.56. The van der Waals surface area contributed by atoms with Gasteiger partial charge >= 0.3 is 0 Å². The van der Waals surface area contributed by atoms with Crippen LogP contribution in [0.1, 0.15) is 17.2 Å². The van der Waals surface area contributed by atoms with Crippen LogP contribution in [-0.4, -0.2) is 14.4 Å². The first-order chi connectivity index (χ1) is 10.0. The summed E-state index contributed by atoms with van der Waals surface area (Å²) in [5, 5.41) is 9.11. The highest BCUT2D eigenvalue weighted by molar-refractivity contribution is 7.91. The number of aryl methyl sites for hydroxylation is 1. The molecule has 0 N–H and O–H groups in total. The van der Waals surface area contributed by atoms with Crippen LogP contribution in [0.2, 0.25) is 0 Å². The summed E-state index contributed by atoms with van der Waals surface area (Å²) in [6, 6.07) is 17.3. The van der Waals surface area contributed by atoms with Crippen LogP contribution in [0.25, 0.3) is 0 Å². The number of sulfone groups is 1. The van der Waals surface area contributed by atoms with Gasteiger partial charge in [0, 0.05) is 0 Å². The van der Waals surface area contributed by atoms with E-state index in [1.54, 1.807) is 36.4 Å². The molecule has 0 radical (unpaired) electrons. The van der Waals surface area contributed by atoms with Gasteiger partial charge in [-0.3, -0.25) is 0 Å². The second kappa shape index (κ2) is 6.53. The third-order valence-corrected chi connectivity index (χ3v) is 4.43. The minimum absolute atomic E-state index is 0.192. The number of hydrogen-bond donors (Lipinski definition) is 0. The molecule has 0 heterocycles. The number of nitriles is 1. The van der Waals surface area contributed by atoms with E-state index in [0.717, 1.165) is 5.56 Å². The zero-order chi connectivity index (χ0) is 15.3. The van der Waals surface area contributed by atoms with Gasteiger partial charge in [-0.25, -0.2) is 8.42 Å². The van der Waals surface area contributed by atoms with Gasteiger partial charge < -0.3 is 4.74 Å². The molecule has 1 atom stereocenters. The number of nitrogens with zero attached hydrogens (tertiary/aromatic N) is 1. The van der Waals surface area contributed by atoms with E-state index in [4.69, 9.17) is 10.00 Å². The van der Waals surface area contributed by atoms with Crippen molar-refractivity contribution in [3.05, 3.63) is 65.7 Å². The van der Waals surface area contributed by atoms with Gasteiger partial charge in [0.2, 0.25) is 9.84 Å². The van der Waals surface area contributed by atoms with Gasteiger partial charge in [0.05, 0.1) is 11.0 Å². The summed E-state index contributed by atoms with van der Waals surface area (Å²) in [5.41, 5.74) is 1.62. The zero-order valence-electron chi connectivity index (χ0n) is 11.6. The minimum Gasteiger partial charge on any atom is -0.342 e. The van der Waals surface area contributed by atoms with E-state index in [1.807, 2.05) is 19.1 Å². The van der Waals surface area contributed by atoms with Gasteiger partial charge in [0.25, 0.3) is 0 Å². The molecule has 0 aliphatic carbocycles. The maximum absolute atomic E-state index is 12.2. The van der Waals surface area contributed by atoms with Crippen molar-refractivity contribution in [1.29, 1.82) is 5.26 Å². The standard InChI is InChI=1S/C16H15NO3S/c1-13-7-9-15(10-8-13)21(18,19)12-20-16(11-17)14-5-3-2-4-6-14/h2-10,16H,12H2,1H3. The van der Waals surface area contributed by atoms with E-state index in [2.05, 4.69) is 0 Å². The summed E-state index contributed by atoms with van der Waals surface area (Å²) in [6.45, 7) is 1.88. The summed E-state index contributed by atoms with van der Waals surface area (Å²) < 4.78 is 29.6. The maximum Gasteiger partial charge on any atom is 0.202 e. The molecule has 0 saturated heterocycles. The molecule has 0 amide bonds. The molecule has 1 unspecified atom stereocenters. The third kappa shape index (κ3) is 3.91. The Labute approximate surface area is 124 Å². The Bertz CT molecular complexity index is 731. The highest BCUT2D eigenvalue weighted by atomic mass is 32.2. The van der Waals surface area contributed by atoms with Crippen molar-refractivity contribution in [2.45, 2.75) is 17.9 Å². The third-order valence-electron chi connectivity index (χ3n) is 2.99. The predicted molar refractivity (Wildman–Crippen MR) is 79.1 cm³/mol. The van der Waals surface area contributed by atoms with Crippen LogP contribution in [0.4, 0.5) is 0 Å². The Morgan fingerprint density at radius 3 is 2.29 bits per heavy atom. The first kappa shape index (κ1) is 15.2. The van der Waals surface area contributed by atoms with Crippen LogP contribution in [0.5, 0.6) is 0 Å². The van der Waals surface area contributed by atoms with E-state index in [9.17, 15) is 8.42 Å². The maximum atomic E-state index is 12.2. The summed E-state index contributed by atoms with van der Waals surface area (Å²) >= 11 is 0. The van der Waals surface area contributed by atoms with Crippen molar-refractivity contribution < 1.29 is 13.2 Å². The minimum atomic E-state index is -3.56. The molecule has 0 saturated carbocycles. The van der Waals surface area contributed by atoms with Crippen molar-refractivity contribution in [3.8, 4) is 6.07 Å². The quantitative estimate of drug-likeness (QED) is 0.851. The first-order valence-electron chi connectivity index (χ1n) is 6.38. The Balaban J connectivity index is 2.11. The lowest BCUT2D eigenvalue weighted by Gasteiger charge is -2.11. The fraction of sp³-hybridized carbons (Fsp3) is 0.188. The summed E-state index contributed by atoms with van der Waals surface area (Å²) in [4.78, 5) is 0.192. The van der Waals surface area contributed by atoms with Crippen LogP contribution in [0, 0.1) is 18.3 Å². The van der Waals surface area contributed by atoms with Crippen molar-refractivity contribution in [2.75, 3.05) is 5.94 Å². The first-order valence-corrected chi connectivity index (χ1v) is 8.04. The SMILES string of the molecule is Cc1ccc(S(=O)(=O)COC(C#N)c2ccccc2)cc1. The van der Waals surface area contributed by atoms with Crippen LogP contribution in [-0.2, 0) is 14.6 Å². The number of rotatable bonds is 5. The van der Waals surface area contributed by atoms with E-state index in [1.165, 1.54) is 12.1 Å². The Kier molecular flexibility index (Phi) is 4.73. The van der Waals surface area contributed by atoms with Crippen molar-refractivity contribution in [3.63, 3.8) is 0 Å². The van der Waals surface area contributed by atoms with Gasteiger partial charge in [-0.1, -0.05) is 48.0 Å². The smallest absolute Gasteiger partial charge is 0.202 e. The summed E-state index contributed by atoms with van der Waals surface area (Å²) in [5.74, 6) is -0.525. The van der Waals surface area contributed by atoms with Crippen molar-refractivity contribution >= 4 is 9.84 Å². The van der Waals surface area contributed by atoms with Gasteiger partial charge in [-0.15, -0.1) is 0 Å². The lowest BCUT2D eigenvalue weighted by Crippen LogP contribution is -2.13. The van der Waals surface area contributed by atoms with Crippen molar-refractivity contribution in [2.24, 2.45) is 0 Å². The molecule has 2 rings (SSSR count). The zero-order valence-corrected chi connectivity index (χ0v) is 12.4. The molecule has 0 bridgehead atoms. The molecule has 2 aromatic rings. The molecule has 5 heteroatoms. The molecule has 0 spiro atoms. The van der Waals surface area contributed by atoms with Crippen LogP contribution in [0.3, 0.4) is 0 Å². The van der Waals surface area contributed by atoms with Crippen molar-refractivity contribution in [1.82, 2.24) is 0 Å². The summed E-state index contributed by atoms with van der Waals surface area (Å²) in [6.07, 6.45) is -0.897. The molecule has 0 fully saturated rings. The fourth-order valence-corrected chi connectivity index (χ4v) is 2.81. The lowest BCUT2D eigenvalue weighted by molar-refractivity contribution is 0.129. The highest BCUT2D eigenvalue weighted by Gasteiger charge is 2.19. The topological polar surface area (TPSA) is 67.2 Å². The second-order valence-corrected chi connectivity index (χ2v) is 6.57. The second-order valence-electron chi connectivity index (χ2n) is 4.63. The molecular formula is C16H15NO3S. The average molecular weight is 301 g/mol. The molecule has 108 valence electrons. The Morgan fingerprint density at radius 1 is 1.10 bits per heavy atom. The lowest BCUT2D eigenvalue weighted by atomic mass is 10.1. The van der Waals surface area contributed by atoms with Gasteiger partial charge in [-0.2, -0.15) is 5.26 Å². The van der Waals surface area contributed by atoms with E-state index >= 15 is 0 Å². The normalized spacial score (nSPS) is 12.6. The molecule has 0 aliphatic rings. The number of benzene rings is 2. The molecule has 0 aromatic heterocycles. The Morgan fingerprint density at radius 2 is 1.71 bits per heavy atom. The fourth-order valence-electron chi connectivity index (χ4n) is 1.81. The van der Waals surface area contributed by atoms with Crippen LogP contribution >= 0.6 is 0 Å². The van der Waals surface area contributed by atoms with E-state index < -0.39 is 21.9 Å². The molecule has 0 aliphatic heterocycles. The van der Waals surface area contributed by atoms with Gasteiger partial charge in [-0.05, 0) is 24.6 Å². The Hall–Kier alpha value is -2.16. The van der Waals surface area contributed by atoms with Gasteiger partial charge in [0.1, 0.15) is 0 Å². The van der Waals surface area contributed by atoms with Gasteiger partial charge in [0.15, 0.2) is 12.0 Å². The average Bonchev–Trinajstić information content (AvgIpc) is 2.49. The molecule has 21 heavy (non-hydrogen) atoms. The molecule has 4 nitrogen and oxygen atoms in total. The largest absolute Gasteiger partial charge is 0.342 e. The van der Waals surface area contributed by atoms with E-state index in [-0.39, 0.29) is 4.90 Å². The van der Waals surface area contributed by atoms with E-state index in [0.29, 0.717) is 5.56 Å². The number of hydrogen-bond acceptors (Lipinski definition) is 4. The van der Waals surface area contributed by atoms with Crippen LogP contribution in [0.15, 0.2) is 59.5 Å². The molecular weight excluding hydrogens is 286 g/mol. The predicted octanol–water partition coefficient (Wildman–Crippen LogP) is 3.01. The highest BCUT2D eigenvalue weighted by Crippen LogP contribution is 2.19. The molecule has 2 aromatic carbocycles. The monoisotopic (exact) mass is 301 g/mol. The number of ether oxygens (including phenoxy) is 1.